The SMILES string of the molecule is C=C1/C=C(C(F)(F)F)\C=N/S/C(c2ccc(-c3ccc(C4(C(=O)O)CC4)cc3)cc2)=C\1N. The molecule has 0 bridgehead atoms. The van der Waals surface area contributed by atoms with Gasteiger partial charge in [0.2, 0.25) is 0 Å². The van der Waals surface area contributed by atoms with Crippen molar-refractivity contribution in [3.63, 3.8) is 0 Å². The van der Waals surface area contributed by atoms with Gasteiger partial charge in [-0.3, -0.25) is 4.79 Å². The fourth-order valence-corrected chi connectivity index (χ4v) is 4.29. The van der Waals surface area contributed by atoms with Crippen LogP contribution in [-0.2, 0) is 10.2 Å². The van der Waals surface area contributed by atoms with Gasteiger partial charge >= 0.3 is 12.1 Å². The summed E-state index contributed by atoms with van der Waals surface area (Å²) in [5.74, 6) is -0.793. The van der Waals surface area contributed by atoms with E-state index in [1.165, 1.54) is 0 Å². The maximum Gasteiger partial charge on any atom is 0.417 e. The Kier molecular flexibility index (Phi) is 5.50. The van der Waals surface area contributed by atoms with Crippen LogP contribution in [0.1, 0.15) is 24.0 Å². The number of allylic oxidation sites excluding steroid dienone is 2. The highest BCUT2D eigenvalue weighted by Gasteiger charge is 2.51. The third kappa shape index (κ3) is 4.10. The Hall–Kier alpha value is -3.26. The third-order valence-corrected chi connectivity index (χ3v) is 6.51. The number of alkyl halides is 3. The summed E-state index contributed by atoms with van der Waals surface area (Å²) in [6.45, 7) is 3.67. The normalized spacial score (nSPS) is 23.0. The van der Waals surface area contributed by atoms with Crippen molar-refractivity contribution >= 4 is 29.0 Å². The molecule has 1 saturated carbocycles. The van der Waals surface area contributed by atoms with Crippen molar-refractivity contribution in [1.82, 2.24) is 0 Å². The van der Waals surface area contributed by atoms with Crippen LogP contribution >= 0.6 is 11.9 Å². The molecule has 2 aromatic rings. The summed E-state index contributed by atoms with van der Waals surface area (Å²) in [5, 5.41) is 9.44. The van der Waals surface area contributed by atoms with Crippen LogP contribution in [-0.4, -0.2) is 23.5 Å². The molecule has 0 atom stereocenters. The minimum atomic E-state index is -4.54. The Morgan fingerprint density at radius 2 is 1.56 bits per heavy atom. The fraction of sp³-hybridized carbons (Fsp3) is 0.167. The molecule has 0 radical (unpaired) electrons. The number of benzene rings is 2. The first-order valence-corrected chi connectivity index (χ1v) is 10.5. The molecule has 8 heteroatoms. The summed E-state index contributed by atoms with van der Waals surface area (Å²) in [6.07, 6.45) is -1.58. The first-order valence-electron chi connectivity index (χ1n) is 9.75. The zero-order valence-corrected chi connectivity index (χ0v) is 17.6. The summed E-state index contributed by atoms with van der Waals surface area (Å²) in [7, 11) is 0. The van der Waals surface area contributed by atoms with Gasteiger partial charge in [0.25, 0.3) is 0 Å². The van der Waals surface area contributed by atoms with Gasteiger partial charge in [-0.2, -0.15) is 13.2 Å². The molecule has 32 heavy (non-hydrogen) atoms. The van der Waals surface area contributed by atoms with Crippen LogP contribution < -0.4 is 5.73 Å². The van der Waals surface area contributed by atoms with Gasteiger partial charge < -0.3 is 10.8 Å². The van der Waals surface area contributed by atoms with Crippen LogP contribution in [0.4, 0.5) is 13.2 Å². The molecular weight excluding hydrogens is 437 g/mol. The number of carboxylic acids is 1. The average molecular weight is 456 g/mol. The maximum absolute atomic E-state index is 13.0. The van der Waals surface area contributed by atoms with E-state index in [-0.39, 0.29) is 11.3 Å². The minimum absolute atomic E-state index is 0.0677. The lowest BCUT2D eigenvalue weighted by Crippen LogP contribution is -2.19. The summed E-state index contributed by atoms with van der Waals surface area (Å²) in [4.78, 5) is 12.0. The Morgan fingerprint density at radius 1 is 1.03 bits per heavy atom. The molecule has 1 aliphatic carbocycles. The molecule has 0 unspecified atom stereocenters. The fourth-order valence-electron chi connectivity index (χ4n) is 3.54. The van der Waals surface area contributed by atoms with E-state index >= 15 is 0 Å². The number of carbonyl (C=O) groups is 1. The standard InChI is InChI=1S/C24H19F3N2O2S/c1-14-12-19(24(25,26)27)13-29-32-21(20(14)28)17-4-2-15(3-5-17)16-6-8-18(9-7-16)23(10-11-23)22(30)31/h2-9,12-13H,1,10-11,28H2,(H,30,31)/b19-12+,21-20+,29-13-. The third-order valence-electron chi connectivity index (χ3n) is 5.66. The highest BCUT2D eigenvalue weighted by molar-refractivity contribution is 8.07. The number of carboxylic acid groups (broad SMARTS) is 1. The molecule has 2 aromatic carbocycles. The lowest BCUT2D eigenvalue weighted by molar-refractivity contribution is -0.140. The van der Waals surface area contributed by atoms with Crippen LogP contribution in [0.15, 0.2) is 82.4 Å². The summed E-state index contributed by atoms with van der Waals surface area (Å²) in [6, 6.07) is 14.8. The second-order valence-electron chi connectivity index (χ2n) is 7.73. The van der Waals surface area contributed by atoms with E-state index in [1.807, 2.05) is 48.5 Å². The van der Waals surface area contributed by atoms with Crippen molar-refractivity contribution in [2.24, 2.45) is 10.1 Å². The lowest BCUT2D eigenvalue weighted by atomic mass is 9.93. The molecule has 3 N–H and O–H groups in total. The van der Waals surface area contributed by atoms with E-state index in [9.17, 15) is 23.1 Å². The number of rotatable bonds is 4. The first-order chi connectivity index (χ1) is 15.1. The van der Waals surface area contributed by atoms with Crippen molar-refractivity contribution in [3.8, 4) is 11.1 Å². The molecule has 0 amide bonds. The van der Waals surface area contributed by atoms with Gasteiger partial charge in [0.15, 0.2) is 0 Å². The van der Waals surface area contributed by atoms with Gasteiger partial charge in [0.05, 0.1) is 21.6 Å². The largest absolute Gasteiger partial charge is 0.481 e. The quantitative estimate of drug-likeness (QED) is 0.564. The second-order valence-corrected chi connectivity index (χ2v) is 8.53. The molecule has 1 heterocycles. The maximum atomic E-state index is 13.0. The average Bonchev–Trinajstić information content (AvgIpc) is 3.56. The predicted octanol–water partition coefficient (Wildman–Crippen LogP) is 5.87. The number of hydrogen-bond donors (Lipinski definition) is 2. The summed E-state index contributed by atoms with van der Waals surface area (Å²) < 4.78 is 42.9. The summed E-state index contributed by atoms with van der Waals surface area (Å²) >= 11 is 0.865. The zero-order chi connectivity index (χ0) is 23.1. The van der Waals surface area contributed by atoms with E-state index in [0.29, 0.717) is 23.3 Å². The number of hydrogen-bond acceptors (Lipinski definition) is 4. The van der Waals surface area contributed by atoms with Crippen LogP contribution in [0.3, 0.4) is 0 Å². The van der Waals surface area contributed by atoms with E-state index in [0.717, 1.165) is 40.9 Å². The number of nitrogens with two attached hydrogens (primary N) is 1. The molecule has 0 aromatic heterocycles. The number of aliphatic carboxylic acids is 1. The summed E-state index contributed by atoms with van der Waals surface area (Å²) in [5.41, 5.74) is 7.99. The minimum Gasteiger partial charge on any atom is -0.481 e. The zero-order valence-electron chi connectivity index (χ0n) is 16.8. The van der Waals surface area contributed by atoms with Crippen LogP contribution in [0.25, 0.3) is 16.0 Å². The van der Waals surface area contributed by atoms with Crippen LogP contribution in [0.2, 0.25) is 0 Å². The van der Waals surface area contributed by atoms with Crippen molar-refractivity contribution in [1.29, 1.82) is 0 Å². The molecule has 4 nitrogen and oxygen atoms in total. The highest BCUT2D eigenvalue weighted by Crippen LogP contribution is 2.48. The number of nitrogens with zero attached hydrogens (tertiary/aromatic N) is 1. The molecule has 0 spiro atoms. The van der Waals surface area contributed by atoms with Crippen LogP contribution in [0, 0.1) is 0 Å². The Morgan fingerprint density at radius 3 is 2.06 bits per heavy atom. The van der Waals surface area contributed by atoms with Gasteiger partial charge in [-0.05, 0) is 46.7 Å². The number of halogens is 3. The Balaban J connectivity index is 1.59. The van der Waals surface area contributed by atoms with Crippen molar-refractivity contribution < 1.29 is 23.1 Å². The van der Waals surface area contributed by atoms with E-state index in [1.54, 1.807) is 0 Å². The Bertz CT molecular complexity index is 1170. The molecular formula is C24H19F3N2O2S. The van der Waals surface area contributed by atoms with E-state index in [2.05, 4.69) is 11.0 Å². The second kappa shape index (κ2) is 8.02. The molecule has 1 fully saturated rings. The topological polar surface area (TPSA) is 75.7 Å². The van der Waals surface area contributed by atoms with Crippen molar-refractivity contribution in [2.45, 2.75) is 24.4 Å². The molecule has 0 saturated heterocycles. The van der Waals surface area contributed by atoms with E-state index < -0.39 is 23.1 Å². The van der Waals surface area contributed by atoms with Gasteiger partial charge in [0.1, 0.15) is 0 Å². The lowest BCUT2D eigenvalue weighted by Gasteiger charge is -2.15. The van der Waals surface area contributed by atoms with Crippen molar-refractivity contribution in [2.75, 3.05) is 0 Å². The van der Waals surface area contributed by atoms with Gasteiger partial charge in [0, 0.05) is 18.2 Å². The van der Waals surface area contributed by atoms with Gasteiger partial charge in [-0.1, -0.05) is 55.1 Å². The van der Waals surface area contributed by atoms with Crippen molar-refractivity contribution in [3.05, 3.63) is 89.2 Å². The molecule has 1 aliphatic heterocycles. The molecule has 4 rings (SSSR count). The molecule has 2 aliphatic rings. The smallest absolute Gasteiger partial charge is 0.417 e. The monoisotopic (exact) mass is 456 g/mol. The highest BCUT2D eigenvalue weighted by atomic mass is 32.2. The first kappa shape index (κ1) is 22.0. The predicted molar refractivity (Wildman–Crippen MR) is 121 cm³/mol. The Labute approximate surface area is 187 Å². The van der Waals surface area contributed by atoms with Gasteiger partial charge in [-0.25, -0.2) is 4.40 Å². The van der Waals surface area contributed by atoms with E-state index in [4.69, 9.17) is 5.73 Å². The van der Waals surface area contributed by atoms with Gasteiger partial charge in [-0.15, -0.1) is 0 Å². The van der Waals surface area contributed by atoms with Crippen LogP contribution in [0.5, 0.6) is 0 Å². The molecule has 164 valence electrons.